The highest BCUT2D eigenvalue weighted by atomic mass is 32.2. The fourth-order valence-electron chi connectivity index (χ4n) is 3.63. The van der Waals surface area contributed by atoms with Crippen LogP contribution in [0, 0.1) is 0 Å². The molecule has 1 atom stereocenters. The Labute approximate surface area is 222 Å². The maximum absolute atomic E-state index is 10.4. The van der Waals surface area contributed by atoms with E-state index in [1.807, 2.05) is 30.3 Å². The number of hydrogen-bond donors (Lipinski definition) is 2. The van der Waals surface area contributed by atoms with Gasteiger partial charge in [0.25, 0.3) is 0 Å². The molecule has 36 heavy (non-hydrogen) atoms. The second-order valence-corrected chi connectivity index (χ2v) is 9.99. The molecule has 7 nitrogen and oxygen atoms in total. The van der Waals surface area contributed by atoms with Gasteiger partial charge in [0.2, 0.25) is 0 Å². The maximum atomic E-state index is 10.4. The van der Waals surface area contributed by atoms with Gasteiger partial charge in [-0.05, 0) is 24.2 Å². The van der Waals surface area contributed by atoms with Crippen LogP contribution in [0.25, 0.3) is 0 Å². The van der Waals surface area contributed by atoms with Gasteiger partial charge in [0.05, 0.1) is 58.1 Å². The Morgan fingerprint density at radius 2 is 1.19 bits per heavy atom. The average Bonchev–Trinajstić information content (AvgIpc) is 2.87. The lowest BCUT2D eigenvalue weighted by Crippen LogP contribution is -2.20. The first-order chi connectivity index (χ1) is 17.7. The number of aliphatic hydroxyl groups is 1. The van der Waals surface area contributed by atoms with Crippen LogP contribution in [-0.4, -0.2) is 86.6 Å². The summed E-state index contributed by atoms with van der Waals surface area (Å²) in [6.45, 7) is 4.33. The number of rotatable bonds is 27. The van der Waals surface area contributed by atoms with Crippen LogP contribution < -0.4 is 0 Å². The summed E-state index contributed by atoms with van der Waals surface area (Å²) in [4.78, 5) is 10.4. The fraction of sp³-hybridized carbons (Fsp3) is 0.750. The molecule has 0 amide bonds. The zero-order valence-corrected chi connectivity index (χ0v) is 22.8. The summed E-state index contributed by atoms with van der Waals surface area (Å²) in [5.74, 6) is 0.474. The van der Waals surface area contributed by atoms with E-state index in [-0.39, 0.29) is 5.75 Å². The number of benzene rings is 1. The predicted octanol–water partition coefficient (Wildman–Crippen LogP) is 4.99. The molecule has 208 valence electrons. The summed E-state index contributed by atoms with van der Waals surface area (Å²) in [7, 11) is 0. The molecule has 0 spiro atoms. The average molecular weight is 529 g/mol. The first-order valence-electron chi connectivity index (χ1n) is 13.5. The van der Waals surface area contributed by atoms with Crippen molar-refractivity contribution in [3.63, 3.8) is 0 Å². The zero-order chi connectivity index (χ0) is 25.9. The third kappa shape index (κ3) is 23.3. The Balaban J connectivity index is 1.68. The van der Waals surface area contributed by atoms with E-state index in [1.165, 1.54) is 56.7 Å². The minimum atomic E-state index is -0.716. The van der Waals surface area contributed by atoms with Crippen LogP contribution in [-0.2, 0) is 30.2 Å². The third-order valence-corrected chi connectivity index (χ3v) is 6.57. The number of aliphatic hydroxyl groups excluding tert-OH is 1. The van der Waals surface area contributed by atoms with Crippen molar-refractivity contribution in [2.45, 2.75) is 70.3 Å². The monoisotopic (exact) mass is 528 g/mol. The van der Waals surface area contributed by atoms with E-state index in [0.29, 0.717) is 52.7 Å². The zero-order valence-electron chi connectivity index (χ0n) is 22.0. The van der Waals surface area contributed by atoms with Crippen molar-refractivity contribution in [1.29, 1.82) is 0 Å². The number of carboxylic acid groups (broad SMARTS) is 1. The summed E-state index contributed by atoms with van der Waals surface area (Å²) >= 11 is 1.52. The highest BCUT2D eigenvalue weighted by Crippen LogP contribution is 2.12. The topological polar surface area (TPSA) is 94.5 Å². The van der Waals surface area contributed by atoms with Crippen LogP contribution >= 0.6 is 11.8 Å². The first kappa shape index (κ1) is 32.9. The highest BCUT2D eigenvalue weighted by molar-refractivity contribution is 7.99. The van der Waals surface area contributed by atoms with Crippen molar-refractivity contribution < 1.29 is 34.0 Å². The molecule has 0 saturated heterocycles. The second kappa shape index (κ2) is 25.5. The Morgan fingerprint density at radius 1 is 0.694 bits per heavy atom. The lowest BCUT2D eigenvalue weighted by Gasteiger charge is -2.11. The van der Waals surface area contributed by atoms with Crippen molar-refractivity contribution in [1.82, 2.24) is 0 Å². The molecule has 8 heteroatoms. The quantitative estimate of drug-likeness (QED) is 0.154. The second-order valence-electron chi connectivity index (χ2n) is 8.88. The molecule has 1 aromatic carbocycles. The molecular formula is C28H48O7S. The van der Waals surface area contributed by atoms with Gasteiger partial charge in [-0.1, -0.05) is 75.3 Å². The van der Waals surface area contributed by atoms with Crippen molar-refractivity contribution in [3.8, 4) is 0 Å². The molecule has 0 aliphatic carbocycles. The largest absolute Gasteiger partial charge is 0.481 e. The lowest BCUT2D eigenvalue weighted by atomic mass is 10.1. The Kier molecular flexibility index (Phi) is 23.3. The molecular weight excluding hydrogens is 480 g/mol. The van der Waals surface area contributed by atoms with Gasteiger partial charge in [0, 0.05) is 13.0 Å². The van der Waals surface area contributed by atoms with Gasteiger partial charge in [-0.25, -0.2) is 0 Å². The van der Waals surface area contributed by atoms with Gasteiger partial charge in [0.15, 0.2) is 0 Å². The number of hydrogen-bond acceptors (Lipinski definition) is 7. The molecule has 1 rings (SSSR count). The Morgan fingerprint density at radius 3 is 1.78 bits per heavy atom. The van der Waals surface area contributed by atoms with Crippen LogP contribution in [0.4, 0.5) is 0 Å². The molecule has 0 aliphatic rings. The summed E-state index contributed by atoms with van der Waals surface area (Å²) in [5.41, 5.74) is 1.10. The maximum Gasteiger partial charge on any atom is 0.313 e. The molecule has 0 radical (unpaired) electrons. The molecule has 1 unspecified atom stereocenters. The summed E-state index contributed by atoms with van der Waals surface area (Å²) in [6, 6.07) is 9.90. The van der Waals surface area contributed by atoms with Gasteiger partial charge in [0.1, 0.15) is 0 Å². The third-order valence-electron chi connectivity index (χ3n) is 5.54. The number of thioether (sulfide) groups is 1. The number of ether oxygens (including phenoxy) is 4. The highest BCUT2D eigenvalue weighted by Gasteiger charge is 2.05. The summed E-state index contributed by atoms with van der Waals surface area (Å²) in [6.07, 6.45) is 11.1. The van der Waals surface area contributed by atoms with E-state index < -0.39 is 12.1 Å². The van der Waals surface area contributed by atoms with Crippen LogP contribution in [0.3, 0.4) is 0 Å². The van der Waals surface area contributed by atoms with Crippen LogP contribution in [0.5, 0.6) is 0 Å². The van der Waals surface area contributed by atoms with E-state index in [1.54, 1.807) is 0 Å². The minimum Gasteiger partial charge on any atom is -0.481 e. The molecule has 1 aromatic rings. The predicted molar refractivity (Wildman–Crippen MR) is 146 cm³/mol. The van der Waals surface area contributed by atoms with E-state index in [2.05, 4.69) is 0 Å². The van der Waals surface area contributed by atoms with E-state index in [4.69, 9.17) is 24.1 Å². The summed E-state index contributed by atoms with van der Waals surface area (Å²) < 4.78 is 22.1. The van der Waals surface area contributed by atoms with E-state index >= 15 is 0 Å². The molecule has 2 N–H and O–H groups in total. The van der Waals surface area contributed by atoms with Gasteiger partial charge >= 0.3 is 5.97 Å². The SMILES string of the molecule is O=C(O)CSCCCCCCCCCCCOCCOCCOCCOCC(O)Cc1ccccc1. The molecule has 0 fully saturated rings. The number of unbranched alkanes of at least 4 members (excludes halogenated alkanes) is 8. The van der Waals surface area contributed by atoms with Gasteiger partial charge in [-0.15, -0.1) is 0 Å². The van der Waals surface area contributed by atoms with Crippen LogP contribution in [0.15, 0.2) is 30.3 Å². The first-order valence-corrected chi connectivity index (χ1v) is 14.7. The van der Waals surface area contributed by atoms with E-state index in [9.17, 15) is 9.90 Å². The van der Waals surface area contributed by atoms with Crippen molar-refractivity contribution >= 4 is 17.7 Å². The minimum absolute atomic E-state index is 0.228. The smallest absolute Gasteiger partial charge is 0.313 e. The van der Waals surface area contributed by atoms with Gasteiger partial charge in [-0.2, -0.15) is 11.8 Å². The molecule has 0 bridgehead atoms. The molecule has 0 heterocycles. The summed E-state index contributed by atoms with van der Waals surface area (Å²) in [5, 5.41) is 18.6. The van der Waals surface area contributed by atoms with Crippen molar-refractivity contribution in [2.24, 2.45) is 0 Å². The fourth-order valence-corrected chi connectivity index (χ4v) is 4.36. The van der Waals surface area contributed by atoms with E-state index in [0.717, 1.165) is 30.8 Å². The molecule has 0 aliphatic heterocycles. The molecule has 0 aromatic heterocycles. The van der Waals surface area contributed by atoms with Crippen molar-refractivity contribution in [3.05, 3.63) is 35.9 Å². The number of carboxylic acids is 1. The number of aliphatic carboxylic acids is 1. The Bertz CT molecular complexity index is 603. The van der Waals surface area contributed by atoms with Crippen molar-refractivity contribution in [2.75, 3.05) is 64.4 Å². The van der Waals surface area contributed by atoms with Crippen LogP contribution in [0.1, 0.15) is 63.4 Å². The normalized spacial score (nSPS) is 12.1. The van der Waals surface area contributed by atoms with Crippen LogP contribution in [0.2, 0.25) is 0 Å². The number of carbonyl (C=O) groups is 1. The Hall–Kier alpha value is -1.16. The van der Waals surface area contributed by atoms with Gasteiger partial charge < -0.3 is 29.2 Å². The lowest BCUT2D eigenvalue weighted by molar-refractivity contribution is -0.133. The van der Waals surface area contributed by atoms with Gasteiger partial charge in [-0.3, -0.25) is 4.79 Å². The molecule has 0 saturated carbocycles. The standard InChI is InChI=1S/C28H48O7S/c29-27(23-26-13-9-8-10-14-26)24-35-21-20-34-19-18-33-17-16-32-15-11-6-4-2-1-3-5-7-12-22-36-25-28(30)31/h8-10,13-14,27,29H,1-7,11-12,15-25H2,(H,30,31).